The van der Waals surface area contributed by atoms with Crippen molar-refractivity contribution in [1.82, 2.24) is 20.3 Å². The van der Waals surface area contributed by atoms with Crippen molar-refractivity contribution >= 4 is 5.91 Å². The van der Waals surface area contributed by atoms with Gasteiger partial charge < -0.3 is 14.2 Å². The molecule has 128 valence electrons. The van der Waals surface area contributed by atoms with E-state index >= 15 is 0 Å². The fourth-order valence-corrected chi connectivity index (χ4v) is 2.86. The van der Waals surface area contributed by atoms with Crippen molar-refractivity contribution in [3.8, 4) is 5.88 Å². The third-order valence-corrected chi connectivity index (χ3v) is 4.36. The maximum absolute atomic E-state index is 12.5. The first kappa shape index (κ1) is 16.4. The molecule has 24 heavy (non-hydrogen) atoms. The number of amides is 1. The summed E-state index contributed by atoms with van der Waals surface area (Å²) in [6.07, 6.45) is 2.01. The van der Waals surface area contributed by atoms with Crippen molar-refractivity contribution in [3.05, 3.63) is 34.8 Å². The lowest BCUT2D eigenvalue weighted by Gasteiger charge is -2.31. The summed E-state index contributed by atoms with van der Waals surface area (Å²) in [5.41, 5.74) is 2.55. The molecule has 3 heterocycles. The van der Waals surface area contributed by atoms with Gasteiger partial charge in [0.1, 0.15) is 11.9 Å². The molecule has 3 rings (SSSR count). The molecule has 0 radical (unpaired) electrons. The molecule has 0 aromatic carbocycles. The Morgan fingerprint density at radius 1 is 1.25 bits per heavy atom. The van der Waals surface area contributed by atoms with Crippen molar-refractivity contribution in [3.63, 3.8) is 0 Å². The third kappa shape index (κ3) is 3.72. The Morgan fingerprint density at radius 2 is 2.00 bits per heavy atom. The number of aromatic nitrogens is 3. The summed E-state index contributed by atoms with van der Waals surface area (Å²) < 4.78 is 11.0. The number of piperidine rings is 1. The van der Waals surface area contributed by atoms with Gasteiger partial charge in [0.25, 0.3) is 0 Å². The predicted molar refractivity (Wildman–Crippen MR) is 86.7 cm³/mol. The van der Waals surface area contributed by atoms with Gasteiger partial charge >= 0.3 is 0 Å². The molecule has 2 aromatic heterocycles. The molecule has 0 atom stereocenters. The van der Waals surface area contributed by atoms with E-state index in [2.05, 4.69) is 15.4 Å². The van der Waals surface area contributed by atoms with Crippen molar-refractivity contribution in [2.45, 2.75) is 46.1 Å². The van der Waals surface area contributed by atoms with Gasteiger partial charge in [-0.25, -0.2) is 0 Å². The first-order chi connectivity index (χ1) is 11.5. The Kier molecular flexibility index (Phi) is 4.78. The van der Waals surface area contributed by atoms with E-state index in [1.807, 2.05) is 37.8 Å². The van der Waals surface area contributed by atoms with Gasteiger partial charge in [-0.2, -0.15) is 5.10 Å². The molecule has 1 aliphatic rings. The average Bonchev–Trinajstić information content (AvgIpc) is 2.89. The summed E-state index contributed by atoms with van der Waals surface area (Å²) in [4.78, 5) is 14.3. The maximum Gasteiger partial charge on any atom is 0.233 e. The second-order valence-corrected chi connectivity index (χ2v) is 6.19. The van der Waals surface area contributed by atoms with Crippen LogP contribution in [-0.4, -0.2) is 45.4 Å². The van der Waals surface area contributed by atoms with E-state index in [1.165, 1.54) is 0 Å². The highest BCUT2D eigenvalue weighted by molar-refractivity contribution is 5.79. The Balaban J connectivity index is 1.51. The van der Waals surface area contributed by atoms with Gasteiger partial charge in [-0.05, 0) is 26.8 Å². The monoisotopic (exact) mass is 330 g/mol. The molecule has 2 aromatic rings. The highest BCUT2D eigenvalue weighted by atomic mass is 16.5. The highest BCUT2D eigenvalue weighted by Gasteiger charge is 2.25. The van der Waals surface area contributed by atoms with Crippen LogP contribution >= 0.6 is 0 Å². The topological polar surface area (TPSA) is 81.4 Å². The van der Waals surface area contributed by atoms with Crippen LogP contribution in [0, 0.1) is 20.8 Å². The number of likely N-dealkylation sites (tertiary alicyclic amines) is 1. The third-order valence-electron chi connectivity index (χ3n) is 4.36. The molecule has 7 nitrogen and oxygen atoms in total. The molecule has 0 aliphatic carbocycles. The van der Waals surface area contributed by atoms with E-state index in [-0.39, 0.29) is 12.0 Å². The van der Waals surface area contributed by atoms with Gasteiger partial charge in [-0.15, -0.1) is 5.10 Å². The van der Waals surface area contributed by atoms with Gasteiger partial charge in [-0.1, -0.05) is 5.16 Å². The van der Waals surface area contributed by atoms with Gasteiger partial charge in [0.05, 0.1) is 17.8 Å². The van der Waals surface area contributed by atoms with E-state index in [9.17, 15) is 4.79 Å². The van der Waals surface area contributed by atoms with Crippen LogP contribution in [0.2, 0.25) is 0 Å². The van der Waals surface area contributed by atoms with E-state index in [4.69, 9.17) is 9.26 Å². The summed E-state index contributed by atoms with van der Waals surface area (Å²) in [5.74, 6) is 1.37. The van der Waals surface area contributed by atoms with Crippen LogP contribution in [-0.2, 0) is 11.2 Å². The lowest BCUT2D eigenvalue weighted by molar-refractivity contribution is -0.132. The van der Waals surface area contributed by atoms with Crippen molar-refractivity contribution < 1.29 is 14.1 Å². The highest BCUT2D eigenvalue weighted by Crippen LogP contribution is 2.19. The zero-order chi connectivity index (χ0) is 17.1. The minimum absolute atomic E-state index is 0.0742. The van der Waals surface area contributed by atoms with Crippen LogP contribution in [0.3, 0.4) is 0 Å². The number of ether oxygens (including phenoxy) is 1. The molecule has 0 spiro atoms. The number of nitrogens with zero attached hydrogens (tertiary/aromatic N) is 4. The summed E-state index contributed by atoms with van der Waals surface area (Å²) >= 11 is 0. The van der Waals surface area contributed by atoms with E-state index in [1.54, 1.807) is 0 Å². The molecule has 1 fully saturated rings. The smallest absolute Gasteiger partial charge is 0.233 e. The average molecular weight is 330 g/mol. The number of aryl methyl sites for hydroxylation is 3. The number of hydrogen-bond donors (Lipinski definition) is 0. The minimum Gasteiger partial charge on any atom is -0.473 e. The number of rotatable bonds is 4. The van der Waals surface area contributed by atoms with Crippen molar-refractivity contribution in [1.29, 1.82) is 0 Å². The van der Waals surface area contributed by atoms with Crippen molar-refractivity contribution in [2.75, 3.05) is 13.1 Å². The predicted octanol–water partition coefficient (Wildman–Crippen LogP) is 2.00. The van der Waals surface area contributed by atoms with Crippen LogP contribution in [0.25, 0.3) is 0 Å². The fourth-order valence-electron chi connectivity index (χ4n) is 2.86. The SMILES string of the molecule is Cc1ccc(OC2CCN(C(=O)Cc3c(C)noc3C)CC2)nn1. The number of carbonyl (C=O) groups excluding carboxylic acids is 1. The van der Waals surface area contributed by atoms with Crippen LogP contribution in [0.15, 0.2) is 16.7 Å². The Bertz CT molecular complexity index is 684. The summed E-state index contributed by atoms with van der Waals surface area (Å²) in [6.45, 7) is 6.96. The van der Waals surface area contributed by atoms with Gasteiger partial charge in [0, 0.05) is 37.6 Å². The second kappa shape index (κ2) is 6.98. The van der Waals surface area contributed by atoms with Crippen LogP contribution in [0.1, 0.15) is 35.6 Å². The van der Waals surface area contributed by atoms with E-state index in [0.29, 0.717) is 25.4 Å². The first-order valence-corrected chi connectivity index (χ1v) is 8.19. The van der Waals surface area contributed by atoms with E-state index in [0.717, 1.165) is 35.6 Å². The minimum atomic E-state index is 0.0742. The second-order valence-electron chi connectivity index (χ2n) is 6.19. The molecule has 0 saturated carbocycles. The van der Waals surface area contributed by atoms with Gasteiger partial charge in [0.2, 0.25) is 11.8 Å². The molecule has 1 saturated heterocycles. The zero-order valence-electron chi connectivity index (χ0n) is 14.3. The van der Waals surface area contributed by atoms with Crippen LogP contribution in [0.5, 0.6) is 5.88 Å². The van der Waals surface area contributed by atoms with Gasteiger partial charge in [-0.3, -0.25) is 4.79 Å². The Labute approximate surface area is 141 Å². The molecule has 1 aliphatic heterocycles. The fraction of sp³-hybridized carbons (Fsp3) is 0.529. The summed E-state index contributed by atoms with van der Waals surface area (Å²) in [5, 5.41) is 11.9. The molecule has 1 amide bonds. The zero-order valence-corrected chi connectivity index (χ0v) is 14.3. The normalized spacial score (nSPS) is 15.5. The summed E-state index contributed by atoms with van der Waals surface area (Å²) in [7, 11) is 0. The standard InChI is InChI=1S/C17H22N4O3/c1-11-4-5-16(19-18-11)23-14-6-8-21(9-7-14)17(22)10-15-12(2)20-24-13(15)3/h4-5,14H,6-10H2,1-3H3. The maximum atomic E-state index is 12.5. The van der Waals surface area contributed by atoms with E-state index < -0.39 is 0 Å². The quantitative estimate of drug-likeness (QED) is 0.853. The molecule has 0 bridgehead atoms. The lowest BCUT2D eigenvalue weighted by Crippen LogP contribution is -2.42. The summed E-state index contributed by atoms with van der Waals surface area (Å²) in [6, 6.07) is 3.71. The van der Waals surface area contributed by atoms with Crippen LogP contribution in [0.4, 0.5) is 0 Å². The first-order valence-electron chi connectivity index (χ1n) is 8.19. The number of hydrogen-bond acceptors (Lipinski definition) is 6. The lowest BCUT2D eigenvalue weighted by atomic mass is 10.1. The molecule has 7 heteroatoms. The largest absolute Gasteiger partial charge is 0.473 e. The molecule has 0 unspecified atom stereocenters. The molecular weight excluding hydrogens is 308 g/mol. The van der Waals surface area contributed by atoms with Crippen LogP contribution < -0.4 is 4.74 Å². The molecule has 0 N–H and O–H groups in total. The number of carbonyl (C=O) groups is 1. The Hall–Kier alpha value is -2.44. The van der Waals surface area contributed by atoms with Crippen molar-refractivity contribution in [2.24, 2.45) is 0 Å². The Morgan fingerprint density at radius 3 is 2.58 bits per heavy atom. The van der Waals surface area contributed by atoms with Gasteiger partial charge in [0.15, 0.2) is 0 Å². The molecular formula is C17H22N4O3.